The molecular formula is C26H27F4NO2. The molecule has 33 heavy (non-hydrogen) atoms. The van der Waals surface area contributed by atoms with Gasteiger partial charge in [0.2, 0.25) is 5.91 Å². The first kappa shape index (κ1) is 22.2. The maximum Gasteiger partial charge on any atom is 0.461 e. The highest BCUT2D eigenvalue weighted by molar-refractivity contribution is 5.96. The van der Waals surface area contributed by atoms with E-state index in [1.807, 2.05) is 0 Å². The van der Waals surface area contributed by atoms with E-state index >= 15 is 0 Å². The number of rotatable bonds is 6. The molecule has 1 N–H and O–H groups in total. The normalized spacial score (nSPS) is 30.5. The number of amides is 1. The number of hydrogen-bond acceptors (Lipinski definition) is 2. The molecule has 0 saturated heterocycles. The summed E-state index contributed by atoms with van der Waals surface area (Å²) in [5, 5.41) is 2.88. The SMILES string of the molecule is Cc1ccc(C23CC4CC(CC(C(=O)Nc5cccc(OC(F)(F)C(F)F)c5)(C4)C2)C3)cc1. The van der Waals surface area contributed by atoms with Crippen LogP contribution in [0.4, 0.5) is 23.2 Å². The summed E-state index contributed by atoms with van der Waals surface area (Å²) in [5.41, 5.74) is 2.24. The highest BCUT2D eigenvalue weighted by atomic mass is 19.3. The van der Waals surface area contributed by atoms with Crippen molar-refractivity contribution in [1.82, 2.24) is 0 Å². The first-order chi connectivity index (χ1) is 15.6. The van der Waals surface area contributed by atoms with Crippen molar-refractivity contribution in [2.45, 2.75) is 63.4 Å². The Labute approximate surface area is 190 Å². The molecule has 6 rings (SSSR count). The molecule has 2 aromatic rings. The number of nitrogens with one attached hydrogen (secondary N) is 1. The Morgan fingerprint density at radius 1 is 1.06 bits per heavy atom. The fourth-order valence-corrected chi connectivity index (χ4v) is 6.88. The molecule has 0 spiro atoms. The molecule has 3 nitrogen and oxygen atoms in total. The number of carbonyl (C=O) groups is 1. The second-order valence-electron chi connectivity index (χ2n) is 10.3. The summed E-state index contributed by atoms with van der Waals surface area (Å²) in [6.07, 6.45) is -2.80. The Kier molecular flexibility index (Phi) is 5.22. The predicted molar refractivity (Wildman–Crippen MR) is 117 cm³/mol. The quantitative estimate of drug-likeness (QED) is 0.486. The van der Waals surface area contributed by atoms with E-state index < -0.39 is 23.7 Å². The van der Waals surface area contributed by atoms with Gasteiger partial charge in [-0.1, -0.05) is 35.9 Å². The standard InChI is InChI=1S/C26H27F4NO2/c1-16-5-7-19(8-6-16)24-11-17-9-18(12-24)14-25(13-17,15-24)23(32)31-20-3-2-4-21(10-20)33-26(29,30)22(27)28/h2-8,10,17-18,22H,9,11-15H2,1H3,(H,31,32). The second kappa shape index (κ2) is 7.74. The van der Waals surface area contributed by atoms with E-state index in [0.717, 1.165) is 38.5 Å². The van der Waals surface area contributed by atoms with Crippen LogP contribution in [0, 0.1) is 24.2 Å². The molecule has 1 amide bonds. The molecule has 0 aromatic heterocycles. The molecule has 2 atom stereocenters. The fraction of sp³-hybridized carbons (Fsp3) is 0.500. The van der Waals surface area contributed by atoms with Crippen molar-refractivity contribution < 1.29 is 27.1 Å². The van der Waals surface area contributed by atoms with Crippen LogP contribution in [0.1, 0.15) is 49.7 Å². The summed E-state index contributed by atoms with van der Waals surface area (Å²) < 4.78 is 55.8. The maximum atomic E-state index is 13.6. The highest BCUT2D eigenvalue weighted by Gasteiger charge is 2.60. The largest absolute Gasteiger partial charge is 0.461 e. The van der Waals surface area contributed by atoms with Gasteiger partial charge in [0.05, 0.1) is 5.41 Å². The Bertz CT molecular complexity index is 1040. The topological polar surface area (TPSA) is 38.3 Å². The van der Waals surface area contributed by atoms with E-state index in [-0.39, 0.29) is 17.0 Å². The number of halogens is 4. The van der Waals surface area contributed by atoms with Crippen molar-refractivity contribution in [3.8, 4) is 5.75 Å². The van der Waals surface area contributed by atoms with Crippen LogP contribution in [0.25, 0.3) is 0 Å². The van der Waals surface area contributed by atoms with Gasteiger partial charge in [-0.3, -0.25) is 4.79 Å². The van der Waals surface area contributed by atoms with E-state index in [1.165, 1.54) is 29.3 Å². The third-order valence-electron chi connectivity index (χ3n) is 7.81. The summed E-state index contributed by atoms with van der Waals surface area (Å²) >= 11 is 0. The lowest BCUT2D eigenvalue weighted by Crippen LogP contribution is -2.57. The number of ether oxygens (including phenoxy) is 1. The number of benzene rings is 2. The minimum atomic E-state index is -4.59. The van der Waals surface area contributed by atoms with Gasteiger partial charge in [-0.2, -0.15) is 17.6 Å². The van der Waals surface area contributed by atoms with Gasteiger partial charge >= 0.3 is 12.5 Å². The first-order valence-corrected chi connectivity index (χ1v) is 11.4. The molecule has 7 heteroatoms. The van der Waals surface area contributed by atoms with Gasteiger partial charge in [0.15, 0.2) is 0 Å². The van der Waals surface area contributed by atoms with Crippen molar-refractivity contribution in [1.29, 1.82) is 0 Å². The van der Waals surface area contributed by atoms with E-state index in [4.69, 9.17) is 0 Å². The van der Waals surface area contributed by atoms with Crippen LogP contribution in [0.3, 0.4) is 0 Å². The highest BCUT2D eigenvalue weighted by Crippen LogP contribution is 2.66. The molecule has 0 radical (unpaired) electrons. The number of aryl methyl sites for hydroxylation is 1. The zero-order valence-corrected chi connectivity index (χ0v) is 18.4. The Morgan fingerprint density at radius 2 is 1.73 bits per heavy atom. The number of anilines is 1. The molecule has 0 aliphatic heterocycles. The van der Waals surface area contributed by atoms with E-state index in [9.17, 15) is 22.4 Å². The zero-order valence-electron chi connectivity index (χ0n) is 18.4. The van der Waals surface area contributed by atoms with Gasteiger partial charge in [0.25, 0.3) is 0 Å². The van der Waals surface area contributed by atoms with E-state index in [1.54, 1.807) is 6.07 Å². The van der Waals surface area contributed by atoms with Crippen molar-refractivity contribution >= 4 is 11.6 Å². The number of carbonyl (C=O) groups excluding carboxylic acids is 1. The van der Waals surface area contributed by atoms with Gasteiger partial charge in [-0.15, -0.1) is 0 Å². The minimum absolute atomic E-state index is 0.0145. The van der Waals surface area contributed by atoms with Crippen LogP contribution in [-0.2, 0) is 10.2 Å². The Morgan fingerprint density at radius 3 is 2.36 bits per heavy atom. The van der Waals surface area contributed by atoms with Crippen LogP contribution in [-0.4, -0.2) is 18.4 Å². The van der Waals surface area contributed by atoms with Gasteiger partial charge < -0.3 is 10.1 Å². The summed E-state index contributed by atoms with van der Waals surface area (Å²) in [7, 11) is 0. The summed E-state index contributed by atoms with van der Waals surface area (Å²) in [6.45, 7) is 2.06. The van der Waals surface area contributed by atoms with Crippen molar-refractivity contribution in [3.05, 3.63) is 59.7 Å². The van der Waals surface area contributed by atoms with E-state index in [2.05, 4.69) is 41.2 Å². The van der Waals surface area contributed by atoms with Gasteiger partial charge in [0, 0.05) is 11.8 Å². The van der Waals surface area contributed by atoms with Crippen LogP contribution < -0.4 is 10.1 Å². The summed E-state index contributed by atoms with van der Waals surface area (Å²) in [6, 6.07) is 13.9. The van der Waals surface area contributed by atoms with Gasteiger partial charge in [-0.25, -0.2) is 0 Å². The predicted octanol–water partition coefficient (Wildman–Crippen LogP) is 6.71. The molecule has 0 heterocycles. The minimum Gasteiger partial charge on any atom is -0.428 e. The monoisotopic (exact) mass is 461 g/mol. The summed E-state index contributed by atoms with van der Waals surface area (Å²) in [5.74, 6) is 0.431. The molecular weight excluding hydrogens is 434 g/mol. The summed E-state index contributed by atoms with van der Waals surface area (Å²) in [4.78, 5) is 13.6. The molecule has 4 bridgehead atoms. The van der Waals surface area contributed by atoms with Crippen molar-refractivity contribution in [3.63, 3.8) is 0 Å². The average Bonchev–Trinajstić information content (AvgIpc) is 2.73. The van der Waals surface area contributed by atoms with Gasteiger partial charge in [0.1, 0.15) is 5.75 Å². The molecule has 4 saturated carbocycles. The second-order valence-corrected chi connectivity index (χ2v) is 10.3. The lowest BCUT2D eigenvalue weighted by molar-refractivity contribution is -0.253. The maximum absolute atomic E-state index is 13.6. The molecule has 2 aromatic carbocycles. The lowest BCUT2D eigenvalue weighted by atomic mass is 9.42. The third-order valence-corrected chi connectivity index (χ3v) is 7.81. The Balaban J connectivity index is 1.38. The van der Waals surface area contributed by atoms with Crippen molar-refractivity contribution in [2.24, 2.45) is 17.3 Å². The van der Waals surface area contributed by atoms with E-state index in [0.29, 0.717) is 11.8 Å². The lowest BCUT2D eigenvalue weighted by Gasteiger charge is -2.61. The molecule has 4 aliphatic carbocycles. The average molecular weight is 461 g/mol. The van der Waals surface area contributed by atoms with Crippen LogP contribution in [0.15, 0.2) is 48.5 Å². The number of alkyl halides is 4. The molecule has 2 unspecified atom stereocenters. The smallest absolute Gasteiger partial charge is 0.428 e. The van der Waals surface area contributed by atoms with Crippen LogP contribution in [0.2, 0.25) is 0 Å². The molecule has 176 valence electrons. The number of hydrogen-bond donors (Lipinski definition) is 1. The first-order valence-electron chi connectivity index (χ1n) is 11.4. The van der Waals surface area contributed by atoms with Crippen molar-refractivity contribution in [2.75, 3.05) is 5.32 Å². The fourth-order valence-electron chi connectivity index (χ4n) is 6.88. The molecule has 4 aliphatic rings. The van der Waals surface area contributed by atoms with Gasteiger partial charge in [-0.05, 0) is 80.4 Å². The van der Waals surface area contributed by atoms with Crippen LogP contribution >= 0.6 is 0 Å². The zero-order chi connectivity index (χ0) is 23.4. The third kappa shape index (κ3) is 4.00. The Hall–Kier alpha value is -2.57. The van der Waals surface area contributed by atoms with Crippen LogP contribution in [0.5, 0.6) is 5.75 Å². The molecule has 4 fully saturated rings.